The number of fused-ring (bicyclic) bond motifs is 1. The summed E-state index contributed by atoms with van der Waals surface area (Å²) < 4.78 is 36.6. The standard InChI is InChI=1S/C17H15F2NO5/c1-24-17(23)14-13(15(18)19)12-9(3-2-4-11(12)25-14)16(22)20-7-10(21)8-5-6-8/h2-4,8,15H,5-7H2,1H3,(H,20,22). The monoisotopic (exact) mass is 351 g/mol. The molecule has 1 heterocycles. The number of halogens is 2. The first-order valence-corrected chi connectivity index (χ1v) is 7.66. The summed E-state index contributed by atoms with van der Waals surface area (Å²) in [7, 11) is 1.04. The van der Waals surface area contributed by atoms with Crippen LogP contribution in [0.5, 0.6) is 0 Å². The third-order valence-corrected chi connectivity index (χ3v) is 4.04. The molecule has 1 aromatic carbocycles. The van der Waals surface area contributed by atoms with E-state index in [-0.39, 0.29) is 34.8 Å². The second kappa shape index (κ2) is 6.62. The van der Waals surface area contributed by atoms with Gasteiger partial charge in [0.25, 0.3) is 12.3 Å². The third kappa shape index (κ3) is 3.24. The van der Waals surface area contributed by atoms with Crippen molar-refractivity contribution in [3.05, 3.63) is 35.1 Å². The minimum atomic E-state index is -3.04. The Labute approximate surface area is 141 Å². The minimum absolute atomic E-state index is 0.0208. The Bertz CT molecular complexity index is 854. The molecule has 1 saturated carbocycles. The summed E-state index contributed by atoms with van der Waals surface area (Å²) in [5, 5.41) is 2.28. The Morgan fingerprint density at radius 3 is 2.64 bits per heavy atom. The van der Waals surface area contributed by atoms with Gasteiger partial charge >= 0.3 is 5.97 Å². The first-order valence-electron chi connectivity index (χ1n) is 7.66. The molecule has 0 radical (unpaired) electrons. The molecule has 1 fully saturated rings. The highest BCUT2D eigenvalue weighted by Gasteiger charge is 2.32. The molecule has 25 heavy (non-hydrogen) atoms. The van der Waals surface area contributed by atoms with Gasteiger partial charge in [0.2, 0.25) is 5.76 Å². The molecule has 0 saturated heterocycles. The fourth-order valence-corrected chi connectivity index (χ4v) is 2.63. The van der Waals surface area contributed by atoms with Gasteiger partial charge in [0.15, 0.2) is 5.78 Å². The lowest BCUT2D eigenvalue weighted by atomic mass is 10.0. The van der Waals surface area contributed by atoms with Crippen molar-refractivity contribution < 1.29 is 32.3 Å². The number of hydrogen-bond acceptors (Lipinski definition) is 5. The first-order chi connectivity index (χ1) is 11.9. The van der Waals surface area contributed by atoms with Crippen LogP contribution in [0.3, 0.4) is 0 Å². The van der Waals surface area contributed by atoms with Crippen LogP contribution >= 0.6 is 0 Å². The molecule has 0 spiro atoms. The van der Waals surface area contributed by atoms with Crippen LogP contribution < -0.4 is 5.32 Å². The molecule has 0 atom stereocenters. The van der Waals surface area contributed by atoms with Gasteiger partial charge in [-0.05, 0) is 25.0 Å². The Balaban J connectivity index is 1.99. The molecule has 1 N–H and O–H groups in total. The Morgan fingerprint density at radius 2 is 2.04 bits per heavy atom. The van der Waals surface area contributed by atoms with Gasteiger partial charge in [-0.1, -0.05) is 6.07 Å². The number of nitrogens with one attached hydrogen (secondary N) is 1. The summed E-state index contributed by atoms with van der Waals surface area (Å²) in [5.41, 5.74) is -0.812. The van der Waals surface area contributed by atoms with Crippen LogP contribution in [-0.4, -0.2) is 31.3 Å². The molecule has 6 nitrogen and oxygen atoms in total. The smallest absolute Gasteiger partial charge is 0.374 e. The first kappa shape index (κ1) is 17.1. The van der Waals surface area contributed by atoms with Gasteiger partial charge in [-0.2, -0.15) is 0 Å². The van der Waals surface area contributed by atoms with E-state index < -0.39 is 29.6 Å². The number of ketones is 1. The number of methoxy groups -OCH3 is 1. The number of ether oxygens (including phenoxy) is 1. The van der Waals surface area contributed by atoms with Crippen LogP contribution in [0.1, 0.15) is 45.7 Å². The Hall–Kier alpha value is -2.77. The maximum Gasteiger partial charge on any atom is 0.374 e. The number of carbonyl (C=O) groups is 3. The van der Waals surface area contributed by atoms with E-state index in [0.29, 0.717) is 0 Å². The topological polar surface area (TPSA) is 85.6 Å². The number of amides is 1. The fourth-order valence-electron chi connectivity index (χ4n) is 2.63. The summed E-state index contributed by atoms with van der Waals surface area (Å²) in [6.45, 7) is -0.161. The van der Waals surface area contributed by atoms with E-state index >= 15 is 0 Å². The van der Waals surface area contributed by atoms with Crippen molar-refractivity contribution in [2.24, 2.45) is 5.92 Å². The van der Waals surface area contributed by atoms with Crippen LogP contribution in [0.4, 0.5) is 8.78 Å². The van der Waals surface area contributed by atoms with Crippen molar-refractivity contribution in [1.82, 2.24) is 5.32 Å². The average molecular weight is 351 g/mol. The lowest BCUT2D eigenvalue weighted by molar-refractivity contribution is -0.119. The number of Topliss-reactive ketones (excluding diaryl/α,β-unsaturated/α-hetero) is 1. The molecular weight excluding hydrogens is 336 g/mol. The number of carbonyl (C=O) groups excluding carboxylic acids is 3. The second-order valence-electron chi connectivity index (χ2n) is 5.74. The van der Waals surface area contributed by atoms with Gasteiger partial charge in [-0.3, -0.25) is 9.59 Å². The van der Waals surface area contributed by atoms with E-state index in [4.69, 9.17) is 4.42 Å². The summed E-state index contributed by atoms with van der Waals surface area (Å²) in [6, 6.07) is 4.15. The van der Waals surface area contributed by atoms with Crippen LogP contribution in [-0.2, 0) is 9.53 Å². The Kier molecular flexibility index (Phi) is 4.52. The maximum absolute atomic E-state index is 13.5. The maximum atomic E-state index is 13.5. The van der Waals surface area contributed by atoms with E-state index in [1.54, 1.807) is 0 Å². The number of esters is 1. The molecule has 1 amide bonds. The average Bonchev–Trinajstić information content (AvgIpc) is 3.37. The number of benzene rings is 1. The van der Waals surface area contributed by atoms with Crippen molar-refractivity contribution in [1.29, 1.82) is 0 Å². The van der Waals surface area contributed by atoms with Crippen molar-refractivity contribution in [3.8, 4) is 0 Å². The molecule has 0 bridgehead atoms. The lowest BCUT2D eigenvalue weighted by Crippen LogP contribution is -2.30. The van der Waals surface area contributed by atoms with Crippen LogP contribution in [0, 0.1) is 5.92 Å². The number of alkyl halides is 2. The predicted molar refractivity (Wildman–Crippen MR) is 82.6 cm³/mol. The summed E-state index contributed by atoms with van der Waals surface area (Å²) in [4.78, 5) is 35.8. The quantitative estimate of drug-likeness (QED) is 0.809. The van der Waals surface area contributed by atoms with Gasteiger partial charge in [-0.15, -0.1) is 0 Å². The van der Waals surface area contributed by atoms with Crippen molar-refractivity contribution >= 4 is 28.6 Å². The van der Waals surface area contributed by atoms with Crippen LogP contribution in [0.15, 0.2) is 22.6 Å². The highest BCUT2D eigenvalue weighted by atomic mass is 19.3. The molecule has 0 aliphatic heterocycles. The zero-order valence-corrected chi connectivity index (χ0v) is 13.3. The molecular formula is C17H15F2NO5. The van der Waals surface area contributed by atoms with Gasteiger partial charge in [0, 0.05) is 11.3 Å². The van der Waals surface area contributed by atoms with Crippen molar-refractivity contribution in [2.45, 2.75) is 19.3 Å². The molecule has 132 valence electrons. The Morgan fingerprint density at radius 1 is 1.32 bits per heavy atom. The van der Waals surface area contributed by atoms with Gasteiger partial charge in [0.05, 0.1) is 24.8 Å². The minimum Gasteiger partial charge on any atom is -0.463 e. The molecule has 3 rings (SSSR count). The zero-order chi connectivity index (χ0) is 18.1. The summed E-state index contributed by atoms with van der Waals surface area (Å²) in [5.74, 6) is -2.48. The number of furan rings is 1. The van der Waals surface area contributed by atoms with Crippen LogP contribution in [0.2, 0.25) is 0 Å². The fraction of sp³-hybridized carbons (Fsp3) is 0.353. The third-order valence-electron chi connectivity index (χ3n) is 4.04. The summed E-state index contributed by atoms with van der Waals surface area (Å²) in [6.07, 6.45) is -1.42. The number of rotatable bonds is 6. The largest absolute Gasteiger partial charge is 0.463 e. The van der Waals surface area contributed by atoms with Gasteiger partial charge < -0.3 is 14.5 Å². The highest BCUT2D eigenvalue weighted by Crippen LogP contribution is 2.36. The molecule has 2 aromatic rings. The molecule has 1 aliphatic rings. The van der Waals surface area contributed by atoms with Crippen molar-refractivity contribution in [2.75, 3.05) is 13.7 Å². The zero-order valence-electron chi connectivity index (χ0n) is 13.3. The normalized spacial score (nSPS) is 13.9. The van der Waals surface area contributed by atoms with E-state index in [9.17, 15) is 23.2 Å². The van der Waals surface area contributed by atoms with Gasteiger partial charge in [-0.25, -0.2) is 13.6 Å². The van der Waals surface area contributed by atoms with E-state index in [2.05, 4.69) is 10.1 Å². The second-order valence-corrected chi connectivity index (χ2v) is 5.74. The molecule has 1 aliphatic carbocycles. The van der Waals surface area contributed by atoms with Crippen LogP contribution in [0.25, 0.3) is 11.0 Å². The van der Waals surface area contributed by atoms with Gasteiger partial charge in [0.1, 0.15) is 5.58 Å². The summed E-state index contributed by atoms with van der Waals surface area (Å²) >= 11 is 0. The molecule has 1 aromatic heterocycles. The van der Waals surface area contributed by atoms with E-state index in [0.717, 1.165) is 20.0 Å². The SMILES string of the molecule is COC(=O)c1oc2cccc(C(=O)NCC(=O)C3CC3)c2c1C(F)F. The molecule has 8 heteroatoms. The van der Waals surface area contributed by atoms with E-state index in [1.165, 1.54) is 18.2 Å². The number of hydrogen-bond donors (Lipinski definition) is 1. The lowest BCUT2D eigenvalue weighted by Gasteiger charge is -2.07. The predicted octanol–water partition coefficient (Wildman–Crippen LogP) is 2.87. The molecule has 0 unspecified atom stereocenters. The highest BCUT2D eigenvalue weighted by molar-refractivity contribution is 6.10. The van der Waals surface area contributed by atoms with E-state index in [1.807, 2.05) is 0 Å². The van der Waals surface area contributed by atoms with Crippen molar-refractivity contribution in [3.63, 3.8) is 0 Å².